The van der Waals surface area contributed by atoms with Crippen LogP contribution < -0.4 is 5.32 Å². The summed E-state index contributed by atoms with van der Waals surface area (Å²) in [5, 5.41) is 2.19. The maximum Gasteiger partial charge on any atom is 0.262 e. The van der Waals surface area contributed by atoms with E-state index in [4.69, 9.17) is 0 Å². The molecule has 6 heteroatoms. The summed E-state index contributed by atoms with van der Waals surface area (Å²) in [4.78, 5) is 49.8. The summed E-state index contributed by atoms with van der Waals surface area (Å²) >= 11 is 0. The first-order valence-corrected chi connectivity index (χ1v) is 8.32. The van der Waals surface area contributed by atoms with Crippen LogP contribution in [0.1, 0.15) is 59.4 Å². The molecule has 1 fully saturated rings. The largest absolute Gasteiger partial charge is 0.295 e. The average Bonchev–Trinajstić information content (AvgIpc) is 2.85. The lowest BCUT2D eigenvalue weighted by atomic mass is 9.79. The number of hydrogen-bond donors (Lipinski definition) is 1. The zero-order chi connectivity index (χ0) is 18.4. The Morgan fingerprint density at radius 2 is 1.92 bits per heavy atom. The van der Waals surface area contributed by atoms with Crippen LogP contribution >= 0.6 is 0 Å². The van der Waals surface area contributed by atoms with Gasteiger partial charge in [-0.25, -0.2) is 0 Å². The van der Waals surface area contributed by atoms with E-state index in [1.165, 1.54) is 0 Å². The third-order valence-electron chi connectivity index (χ3n) is 5.28. The second-order valence-corrected chi connectivity index (χ2v) is 6.68. The molecule has 130 valence electrons. The highest BCUT2D eigenvalue weighted by atomic mass is 16.2. The van der Waals surface area contributed by atoms with Crippen LogP contribution in [0.3, 0.4) is 0 Å². The first kappa shape index (κ1) is 17.1. The fourth-order valence-electron chi connectivity index (χ4n) is 3.29. The van der Waals surface area contributed by atoms with Crippen LogP contribution in [0, 0.1) is 0 Å². The molecule has 25 heavy (non-hydrogen) atoms. The Bertz CT molecular complexity index is 814. The predicted octanol–water partition coefficient (Wildman–Crippen LogP) is 1.94. The van der Waals surface area contributed by atoms with Crippen molar-refractivity contribution in [1.82, 2.24) is 10.2 Å². The fourth-order valence-corrected chi connectivity index (χ4v) is 3.29. The van der Waals surface area contributed by atoms with Crippen molar-refractivity contribution in [3.05, 3.63) is 47.5 Å². The van der Waals surface area contributed by atoms with Crippen molar-refractivity contribution in [2.45, 2.75) is 44.6 Å². The Labute approximate surface area is 145 Å². The Morgan fingerprint density at radius 1 is 1.24 bits per heavy atom. The van der Waals surface area contributed by atoms with Crippen molar-refractivity contribution in [1.29, 1.82) is 0 Å². The molecular formula is C19H20N2O4. The number of benzene rings is 1. The third-order valence-corrected chi connectivity index (χ3v) is 5.28. The maximum absolute atomic E-state index is 12.8. The lowest BCUT2D eigenvalue weighted by Gasteiger charge is -2.27. The number of imide groups is 2. The molecule has 1 aromatic rings. The van der Waals surface area contributed by atoms with Crippen molar-refractivity contribution >= 4 is 23.6 Å². The van der Waals surface area contributed by atoms with E-state index < -0.39 is 23.8 Å². The van der Waals surface area contributed by atoms with Crippen LogP contribution in [0.15, 0.2) is 30.9 Å². The Morgan fingerprint density at radius 3 is 2.52 bits per heavy atom. The number of piperidine rings is 1. The lowest BCUT2D eigenvalue weighted by Crippen LogP contribution is -2.54. The van der Waals surface area contributed by atoms with Gasteiger partial charge in [-0.1, -0.05) is 26.0 Å². The molecule has 1 saturated heterocycles. The summed E-state index contributed by atoms with van der Waals surface area (Å²) in [6.45, 7) is 7.91. The van der Waals surface area contributed by atoms with Crippen LogP contribution in [0.2, 0.25) is 0 Å². The maximum atomic E-state index is 12.8. The first-order chi connectivity index (χ1) is 11.8. The number of amides is 4. The van der Waals surface area contributed by atoms with E-state index in [1.54, 1.807) is 12.1 Å². The second kappa shape index (κ2) is 5.95. The van der Waals surface area contributed by atoms with Gasteiger partial charge in [0.05, 0.1) is 11.1 Å². The van der Waals surface area contributed by atoms with Gasteiger partial charge in [-0.15, -0.1) is 6.58 Å². The minimum Gasteiger partial charge on any atom is -0.295 e. The molecule has 1 aromatic carbocycles. The number of carbonyl (C=O) groups excluding carboxylic acids is 4. The van der Waals surface area contributed by atoms with Gasteiger partial charge in [0.2, 0.25) is 11.8 Å². The zero-order valence-corrected chi connectivity index (χ0v) is 14.3. The third kappa shape index (κ3) is 2.58. The van der Waals surface area contributed by atoms with Crippen LogP contribution in [-0.2, 0) is 15.0 Å². The first-order valence-electron chi connectivity index (χ1n) is 8.32. The van der Waals surface area contributed by atoms with E-state index >= 15 is 0 Å². The minimum absolute atomic E-state index is 0.111. The molecule has 0 saturated carbocycles. The lowest BCUT2D eigenvalue weighted by molar-refractivity contribution is -0.136. The van der Waals surface area contributed by atoms with Crippen LogP contribution in [0.5, 0.6) is 0 Å². The van der Waals surface area contributed by atoms with Crippen molar-refractivity contribution in [3.63, 3.8) is 0 Å². The molecular weight excluding hydrogens is 320 g/mol. The van der Waals surface area contributed by atoms with Gasteiger partial charge in [0.25, 0.3) is 11.8 Å². The van der Waals surface area contributed by atoms with Crippen molar-refractivity contribution in [2.24, 2.45) is 0 Å². The van der Waals surface area contributed by atoms with Gasteiger partial charge in [0, 0.05) is 11.8 Å². The molecule has 1 N–H and O–H groups in total. The highest BCUT2D eigenvalue weighted by Crippen LogP contribution is 2.34. The Balaban J connectivity index is 1.98. The van der Waals surface area contributed by atoms with Gasteiger partial charge < -0.3 is 0 Å². The molecule has 2 atom stereocenters. The predicted molar refractivity (Wildman–Crippen MR) is 91.0 cm³/mol. The molecule has 6 nitrogen and oxygen atoms in total. The van der Waals surface area contributed by atoms with E-state index in [0.29, 0.717) is 11.1 Å². The highest BCUT2D eigenvalue weighted by molar-refractivity contribution is 6.23. The van der Waals surface area contributed by atoms with Gasteiger partial charge in [0.1, 0.15) is 6.04 Å². The molecule has 2 heterocycles. The molecule has 0 aromatic heterocycles. The van der Waals surface area contributed by atoms with E-state index in [0.717, 1.165) is 16.9 Å². The quantitative estimate of drug-likeness (QED) is 0.671. The Hall–Kier alpha value is -2.76. The highest BCUT2D eigenvalue weighted by Gasteiger charge is 2.44. The molecule has 0 spiro atoms. The van der Waals surface area contributed by atoms with Gasteiger partial charge in [-0.3, -0.25) is 29.4 Å². The second-order valence-electron chi connectivity index (χ2n) is 6.68. The summed E-state index contributed by atoms with van der Waals surface area (Å²) in [6.07, 6.45) is 2.89. The van der Waals surface area contributed by atoms with Gasteiger partial charge in [-0.2, -0.15) is 0 Å². The molecule has 2 aliphatic rings. The van der Waals surface area contributed by atoms with Crippen molar-refractivity contribution in [2.75, 3.05) is 0 Å². The molecule has 3 rings (SSSR count). The van der Waals surface area contributed by atoms with Crippen molar-refractivity contribution < 1.29 is 19.2 Å². The van der Waals surface area contributed by atoms with Gasteiger partial charge >= 0.3 is 0 Å². The number of rotatable bonds is 4. The summed E-state index contributed by atoms with van der Waals surface area (Å²) < 4.78 is 0. The number of nitrogens with one attached hydrogen (secondary N) is 1. The number of allylic oxidation sites excluding steroid dienone is 1. The molecule has 2 aliphatic heterocycles. The topological polar surface area (TPSA) is 83.6 Å². The van der Waals surface area contributed by atoms with Crippen LogP contribution in [0.25, 0.3) is 0 Å². The normalized spacial score (nSPS) is 22.5. The molecule has 4 amide bonds. The number of nitrogens with zero attached hydrogens (tertiary/aromatic N) is 1. The molecule has 0 bridgehead atoms. The van der Waals surface area contributed by atoms with E-state index in [2.05, 4.69) is 11.9 Å². The summed E-state index contributed by atoms with van der Waals surface area (Å²) in [6, 6.07) is 4.23. The average molecular weight is 340 g/mol. The number of carbonyl (C=O) groups is 4. The number of hydrogen-bond acceptors (Lipinski definition) is 4. The zero-order valence-electron chi connectivity index (χ0n) is 14.3. The minimum atomic E-state index is -0.939. The van der Waals surface area contributed by atoms with E-state index in [1.807, 2.05) is 26.0 Å². The Kier molecular flexibility index (Phi) is 4.06. The number of fused-ring (bicyclic) bond motifs is 1. The SMILES string of the molecule is C=CC(C)(CC)c1ccc2c(c1)C(=O)N(C1CCC(=O)NC1=O)C2=O. The fraction of sp³-hybridized carbons (Fsp3) is 0.368. The van der Waals surface area contributed by atoms with Crippen LogP contribution in [0.4, 0.5) is 0 Å². The van der Waals surface area contributed by atoms with E-state index in [9.17, 15) is 19.2 Å². The van der Waals surface area contributed by atoms with Gasteiger partial charge in [-0.05, 0) is 30.5 Å². The smallest absolute Gasteiger partial charge is 0.262 e. The molecule has 2 unspecified atom stereocenters. The summed E-state index contributed by atoms with van der Waals surface area (Å²) in [5.74, 6) is -1.96. The summed E-state index contributed by atoms with van der Waals surface area (Å²) in [5.41, 5.74) is 1.19. The molecule has 0 radical (unpaired) electrons. The summed E-state index contributed by atoms with van der Waals surface area (Å²) in [7, 11) is 0. The monoisotopic (exact) mass is 340 g/mol. The van der Waals surface area contributed by atoms with Gasteiger partial charge in [0.15, 0.2) is 0 Å². The van der Waals surface area contributed by atoms with E-state index in [-0.39, 0.29) is 24.2 Å². The molecule has 0 aliphatic carbocycles. The van der Waals surface area contributed by atoms with Crippen molar-refractivity contribution in [3.8, 4) is 0 Å². The van der Waals surface area contributed by atoms with Crippen LogP contribution in [-0.4, -0.2) is 34.6 Å². The standard InChI is InChI=1S/C19H20N2O4/c1-4-19(3,5-2)11-6-7-12-13(10-11)18(25)21(17(12)24)14-8-9-15(22)20-16(14)23/h4,6-7,10,14H,1,5,8-9H2,2-3H3,(H,20,22,23).